The summed E-state index contributed by atoms with van der Waals surface area (Å²) in [7, 11) is 0. The Labute approximate surface area is 97.9 Å². The number of ketones is 1. The van der Waals surface area contributed by atoms with Gasteiger partial charge in [-0.05, 0) is 30.4 Å². The van der Waals surface area contributed by atoms with Crippen LogP contribution in [0.15, 0.2) is 24.3 Å². The number of aryl methyl sites for hydroxylation is 1. The zero-order valence-corrected chi connectivity index (χ0v) is 10.0. The predicted octanol–water partition coefficient (Wildman–Crippen LogP) is 3.87. The smallest absolute Gasteiger partial charge is 0.140 e. The minimum Gasteiger partial charge on any atom is -0.299 e. The van der Waals surface area contributed by atoms with E-state index in [4.69, 9.17) is 0 Å². The molecule has 1 aliphatic carbocycles. The van der Waals surface area contributed by atoms with E-state index in [0.29, 0.717) is 5.78 Å². The average molecular weight is 216 g/mol. The summed E-state index contributed by atoms with van der Waals surface area (Å²) < 4.78 is 0. The third-order valence-electron chi connectivity index (χ3n) is 3.45. The Balaban J connectivity index is 2.18. The van der Waals surface area contributed by atoms with E-state index in [9.17, 15) is 4.79 Å². The van der Waals surface area contributed by atoms with Gasteiger partial charge in [-0.1, -0.05) is 44.0 Å². The standard InChI is InChI=1S/C15H20O/c1-2-6-12-7-5-8-13(11-12)14-9-3-4-10-15(14)16/h5,7-8,11,14H,2-4,6,9-10H2,1H3. The highest BCUT2D eigenvalue weighted by Crippen LogP contribution is 2.30. The summed E-state index contributed by atoms with van der Waals surface area (Å²) in [6.07, 6.45) is 6.41. The van der Waals surface area contributed by atoms with Gasteiger partial charge in [-0.25, -0.2) is 0 Å². The van der Waals surface area contributed by atoms with Crippen LogP contribution < -0.4 is 0 Å². The number of rotatable bonds is 3. The molecule has 1 aliphatic rings. The Morgan fingerprint density at radius 2 is 2.19 bits per heavy atom. The van der Waals surface area contributed by atoms with Crippen LogP contribution >= 0.6 is 0 Å². The first-order valence-corrected chi connectivity index (χ1v) is 6.43. The van der Waals surface area contributed by atoms with Crippen molar-refractivity contribution in [2.75, 3.05) is 0 Å². The van der Waals surface area contributed by atoms with Crippen LogP contribution in [-0.2, 0) is 11.2 Å². The first-order valence-electron chi connectivity index (χ1n) is 6.43. The van der Waals surface area contributed by atoms with E-state index < -0.39 is 0 Å². The van der Waals surface area contributed by atoms with Crippen LogP contribution in [0.3, 0.4) is 0 Å². The molecule has 1 atom stereocenters. The minimum atomic E-state index is 0.186. The van der Waals surface area contributed by atoms with E-state index in [1.165, 1.54) is 24.0 Å². The number of carbonyl (C=O) groups excluding carboxylic acids is 1. The van der Waals surface area contributed by atoms with Crippen LogP contribution in [0.1, 0.15) is 56.1 Å². The molecule has 0 spiro atoms. The van der Waals surface area contributed by atoms with Crippen molar-refractivity contribution in [3.8, 4) is 0 Å². The third kappa shape index (κ3) is 2.52. The predicted molar refractivity (Wildman–Crippen MR) is 66.7 cm³/mol. The molecule has 1 unspecified atom stereocenters. The fourth-order valence-electron chi connectivity index (χ4n) is 2.59. The van der Waals surface area contributed by atoms with Crippen molar-refractivity contribution in [3.63, 3.8) is 0 Å². The van der Waals surface area contributed by atoms with Crippen molar-refractivity contribution in [2.24, 2.45) is 0 Å². The SMILES string of the molecule is CCCc1cccc(C2CCCCC2=O)c1. The number of hydrogen-bond acceptors (Lipinski definition) is 1. The monoisotopic (exact) mass is 216 g/mol. The highest BCUT2D eigenvalue weighted by Gasteiger charge is 2.23. The van der Waals surface area contributed by atoms with Crippen molar-refractivity contribution >= 4 is 5.78 Å². The average Bonchev–Trinajstić information content (AvgIpc) is 2.30. The molecule has 1 heteroatoms. The Bertz CT molecular complexity index is 367. The lowest BCUT2D eigenvalue weighted by atomic mass is 9.82. The Hall–Kier alpha value is -1.11. The molecule has 0 heterocycles. The fraction of sp³-hybridized carbons (Fsp3) is 0.533. The molecule has 0 saturated heterocycles. The molecule has 2 rings (SSSR count). The van der Waals surface area contributed by atoms with E-state index in [1.54, 1.807) is 0 Å². The quantitative estimate of drug-likeness (QED) is 0.749. The Morgan fingerprint density at radius 1 is 1.31 bits per heavy atom. The number of Topliss-reactive ketones (excluding diaryl/α,β-unsaturated/α-hetero) is 1. The van der Waals surface area contributed by atoms with Crippen molar-refractivity contribution in [1.29, 1.82) is 0 Å². The van der Waals surface area contributed by atoms with Crippen LogP contribution in [-0.4, -0.2) is 5.78 Å². The van der Waals surface area contributed by atoms with Crippen molar-refractivity contribution < 1.29 is 4.79 Å². The van der Waals surface area contributed by atoms with Gasteiger partial charge < -0.3 is 0 Å². The second kappa shape index (κ2) is 5.29. The third-order valence-corrected chi connectivity index (χ3v) is 3.45. The lowest BCUT2D eigenvalue weighted by molar-refractivity contribution is -0.121. The normalized spacial score (nSPS) is 21.1. The minimum absolute atomic E-state index is 0.186. The highest BCUT2D eigenvalue weighted by atomic mass is 16.1. The van der Waals surface area contributed by atoms with Crippen LogP contribution in [0, 0.1) is 0 Å². The molecular weight excluding hydrogens is 196 g/mol. The second-order valence-corrected chi connectivity index (χ2v) is 4.76. The molecule has 0 aromatic heterocycles. The van der Waals surface area contributed by atoms with E-state index in [-0.39, 0.29) is 5.92 Å². The largest absolute Gasteiger partial charge is 0.299 e. The van der Waals surface area contributed by atoms with Gasteiger partial charge in [0.15, 0.2) is 0 Å². The van der Waals surface area contributed by atoms with E-state index in [0.717, 1.165) is 25.7 Å². The van der Waals surface area contributed by atoms with Crippen molar-refractivity contribution in [2.45, 2.75) is 51.4 Å². The first kappa shape index (κ1) is 11.4. The number of benzene rings is 1. The number of hydrogen-bond donors (Lipinski definition) is 0. The summed E-state index contributed by atoms with van der Waals surface area (Å²) in [4.78, 5) is 11.9. The maximum Gasteiger partial charge on any atom is 0.140 e. The van der Waals surface area contributed by atoms with Gasteiger partial charge >= 0.3 is 0 Å². The molecule has 0 N–H and O–H groups in total. The fourth-order valence-corrected chi connectivity index (χ4v) is 2.59. The molecule has 1 saturated carbocycles. The summed E-state index contributed by atoms with van der Waals surface area (Å²) in [5, 5.41) is 0. The maximum atomic E-state index is 11.9. The zero-order chi connectivity index (χ0) is 11.4. The lowest BCUT2D eigenvalue weighted by Gasteiger charge is -2.21. The van der Waals surface area contributed by atoms with Crippen molar-refractivity contribution in [3.05, 3.63) is 35.4 Å². The Kier molecular flexibility index (Phi) is 3.76. The summed E-state index contributed by atoms with van der Waals surface area (Å²) in [6, 6.07) is 8.62. The maximum absolute atomic E-state index is 11.9. The van der Waals surface area contributed by atoms with Gasteiger partial charge in [0, 0.05) is 12.3 Å². The van der Waals surface area contributed by atoms with Crippen molar-refractivity contribution in [1.82, 2.24) is 0 Å². The molecule has 1 nitrogen and oxygen atoms in total. The van der Waals surface area contributed by atoms with E-state index >= 15 is 0 Å². The van der Waals surface area contributed by atoms with E-state index in [1.807, 2.05) is 0 Å². The molecule has 16 heavy (non-hydrogen) atoms. The summed E-state index contributed by atoms with van der Waals surface area (Å²) in [6.45, 7) is 2.19. The Morgan fingerprint density at radius 3 is 2.94 bits per heavy atom. The van der Waals surface area contributed by atoms with Gasteiger partial charge in [-0.15, -0.1) is 0 Å². The van der Waals surface area contributed by atoms with Gasteiger partial charge in [-0.3, -0.25) is 4.79 Å². The van der Waals surface area contributed by atoms with Gasteiger partial charge in [0.1, 0.15) is 5.78 Å². The van der Waals surface area contributed by atoms with Crippen LogP contribution in [0.5, 0.6) is 0 Å². The molecule has 1 fully saturated rings. The molecule has 0 radical (unpaired) electrons. The molecule has 0 amide bonds. The van der Waals surface area contributed by atoms with E-state index in [2.05, 4.69) is 31.2 Å². The molecule has 1 aromatic rings. The van der Waals surface area contributed by atoms with Gasteiger partial charge in [-0.2, -0.15) is 0 Å². The molecule has 86 valence electrons. The van der Waals surface area contributed by atoms with Gasteiger partial charge in [0.05, 0.1) is 0 Å². The molecule has 0 bridgehead atoms. The highest BCUT2D eigenvalue weighted by molar-refractivity contribution is 5.86. The number of carbonyl (C=O) groups is 1. The van der Waals surface area contributed by atoms with Gasteiger partial charge in [0.2, 0.25) is 0 Å². The first-order chi connectivity index (χ1) is 7.81. The molecule has 0 aliphatic heterocycles. The molecular formula is C15H20O. The van der Waals surface area contributed by atoms with Crippen LogP contribution in [0.25, 0.3) is 0 Å². The summed E-state index contributed by atoms with van der Waals surface area (Å²) in [5.41, 5.74) is 2.62. The summed E-state index contributed by atoms with van der Waals surface area (Å²) in [5.74, 6) is 0.630. The topological polar surface area (TPSA) is 17.1 Å². The zero-order valence-electron chi connectivity index (χ0n) is 10.0. The van der Waals surface area contributed by atoms with Gasteiger partial charge in [0.25, 0.3) is 0 Å². The lowest BCUT2D eigenvalue weighted by Crippen LogP contribution is -2.17. The van der Waals surface area contributed by atoms with Crippen LogP contribution in [0.2, 0.25) is 0 Å². The molecule has 1 aromatic carbocycles. The second-order valence-electron chi connectivity index (χ2n) is 4.76. The van der Waals surface area contributed by atoms with Crippen LogP contribution in [0.4, 0.5) is 0 Å². The summed E-state index contributed by atoms with van der Waals surface area (Å²) >= 11 is 0.